The lowest BCUT2D eigenvalue weighted by molar-refractivity contribution is 0.277. The van der Waals surface area contributed by atoms with Crippen LogP contribution in [-0.4, -0.2) is 22.4 Å². The zero-order valence-electron chi connectivity index (χ0n) is 7.53. The molecule has 4 heteroatoms. The van der Waals surface area contributed by atoms with Gasteiger partial charge in [0.2, 0.25) is 5.75 Å². The normalized spacial score (nSPS) is 10.1. The highest BCUT2D eigenvalue weighted by atomic mass is 16.5. The number of rotatable bonds is 2. The van der Waals surface area contributed by atoms with Crippen LogP contribution in [0.4, 0.5) is 0 Å². The zero-order chi connectivity index (χ0) is 10.0. The van der Waals surface area contributed by atoms with Crippen LogP contribution in [0.1, 0.15) is 11.1 Å². The van der Waals surface area contributed by atoms with Gasteiger partial charge in [0.1, 0.15) is 0 Å². The predicted octanol–water partition coefficient (Wildman–Crippen LogP) is 0.907. The largest absolute Gasteiger partial charge is 0.504 e. The second-order valence-electron chi connectivity index (χ2n) is 2.72. The third kappa shape index (κ3) is 1.53. The molecule has 0 aromatic heterocycles. The second-order valence-corrected chi connectivity index (χ2v) is 2.72. The number of aromatic hydroxyl groups is 2. The summed E-state index contributed by atoms with van der Waals surface area (Å²) in [6, 6.07) is 1.31. The molecule has 1 rings (SSSR count). The molecule has 0 radical (unpaired) electrons. The highest BCUT2D eigenvalue weighted by molar-refractivity contribution is 5.56. The first-order chi connectivity index (χ1) is 6.11. The average Bonchev–Trinajstić information content (AvgIpc) is 2.12. The SMILES string of the molecule is COc1c(C)c(CO)cc(O)c1O. The summed E-state index contributed by atoms with van der Waals surface area (Å²) < 4.78 is 4.88. The van der Waals surface area contributed by atoms with E-state index in [-0.39, 0.29) is 23.9 Å². The molecule has 72 valence electrons. The van der Waals surface area contributed by atoms with Gasteiger partial charge in [-0.05, 0) is 18.6 Å². The Hall–Kier alpha value is -1.42. The van der Waals surface area contributed by atoms with Gasteiger partial charge in [0.25, 0.3) is 0 Å². The van der Waals surface area contributed by atoms with Gasteiger partial charge in [-0.25, -0.2) is 0 Å². The molecule has 0 aliphatic carbocycles. The summed E-state index contributed by atoms with van der Waals surface area (Å²) in [6.45, 7) is 1.50. The van der Waals surface area contributed by atoms with Gasteiger partial charge in [-0.15, -0.1) is 0 Å². The van der Waals surface area contributed by atoms with Crippen molar-refractivity contribution in [1.82, 2.24) is 0 Å². The van der Waals surface area contributed by atoms with E-state index in [4.69, 9.17) is 9.84 Å². The lowest BCUT2D eigenvalue weighted by Gasteiger charge is -2.11. The molecular formula is C9H12O4. The molecule has 0 bridgehead atoms. The van der Waals surface area contributed by atoms with Gasteiger partial charge in [0, 0.05) is 5.56 Å². The lowest BCUT2D eigenvalue weighted by Crippen LogP contribution is -1.94. The second kappa shape index (κ2) is 3.53. The van der Waals surface area contributed by atoms with Crippen molar-refractivity contribution in [3.63, 3.8) is 0 Å². The molecular weight excluding hydrogens is 172 g/mol. The first-order valence-corrected chi connectivity index (χ1v) is 3.81. The number of phenolic OH excluding ortho intramolecular Hbond substituents is 2. The monoisotopic (exact) mass is 184 g/mol. The number of methoxy groups -OCH3 is 1. The number of ether oxygens (including phenoxy) is 1. The molecule has 0 aliphatic heterocycles. The summed E-state index contributed by atoms with van der Waals surface area (Å²) in [5.41, 5.74) is 1.16. The van der Waals surface area contributed by atoms with Crippen molar-refractivity contribution in [2.75, 3.05) is 7.11 Å². The Morgan fingerprint density at radius 2 is 2.00 bits per heavy atom. The maximum Gasteiger partial charge on any atom is 0.200 e. The van der Waals surface area contributed by atoms with E-state index >= 15 is 0 Å². The quantitative estimate of drug-likeness (QED) is 0.597. The molecule has 0 aliphatic rings. The first kappa shape index (κ1) is 9.67. The molecule has 0 fully saturated rings. The third-order valence-corrected chi connectivity index (χ3v) is 1.97. The van der Waals surface area contributed by atoms with E-state index in [2.05, 4.69) is 0 Å². The van der Waals surface area contributed by atoms with Crippen molar-refractivity contribution in [3.8, 4) is 17.2 Å². The minimum atomic E-state index is -0.294. The summed E-state index contributed by atoms with van der Waals surface area (Å²) in [5, 5.41) is 27.5. The molecule has 0 atom stereocenters. The standard InChI is InChI=1S/C9H12O4/c1-5-6(4-10)3-7(11)8(12)9(5)13-2/h3,10-12H,4H2,1-2H3. The van der Waals surface area contributed by atoms with Crippen LogP contribution in [0, 0.1) is 6.92 Å². The van der Waals surface area contributed by atoms with E-state index in [9.17, 15) is 10.2 Å². The molecule has 4 nitrogen and oxygen atoms in total. The molecule has 1 aromatic rings. The Balaban J connectivity index is 3.39. The van der Waals surface area contributed by atoms with Gasteiger partial charge in [-0.3, -0.25) is 0 Å². The summed E-state index contributed by atoms with van der Waals surface area (Å²) >= 11 is 0. The van der Waals surface area contributed by atoms with Crippen molar-refractivity contribution < 1.29 is 20.1 Å². The maximum absolute atomic E-state index is 9.34. The van der Waals surface area contributed by atoms with Crippen molar-refractivity contribution in [2.24, 2.45) is 0 Å². The highest BCUT2D eigenvalue weighted by Gasteiger charge is 2.14. The number of aliphatic hydroxyl groups excluding tert-OH is 1. The van der Waals surface area contributed by atoms with Crippen molar-refractivity contribution in [2.45, 2.75) is 13.5 Å². The van der Waals surface area contributed by atoms with Gasteiger partial charge in [-0.2, -0.15) is 0 Å². The Morgan fingerprint density at radius 3 is 2.46 bits per heavy atom. The van der Waals surface area contributed by atoms with Crippen LogP contribution in [0.5, 0.6) is 17.2 Å². The van der Waals surface area contributed by atoms with Crippen LogP contribution < -0.4 is 4.74 Å². The van der Waals surface area contributed by atoms with Crippen LogP contribution in [0.25, 0.3) is 0 Å². The fourth-order valence-corrected chi connectivity index (χ4v) is 1.20. The zero-order valence-corrected chi connectivity index (χ0v) is 7.53. The van der Waals surface area contributed by atoms with Crippen molar-refractivity contribution in [1.29, 1.82) is 0 Å². The molecule has 1 aromatic carbocycles. The van der Waals surface area contributed by atoms with Crippen molar-refractivity contribution >= 4 is 0 Å². The number of aliphatic hydroxyl groups is 1. The molecule has 0 amide bonds. The molecule has 13 heavy (non-hydrogen) atoms. The average molecular weight is 184 g/mol. The van der Waals surface area contributed by atoms with E-state index in [0.717, 1.165) is 0 Å². The summed E-state index contributed by atoms with van der Waals surface area (Å²) in [7, 11) is 1.39. The Kier molecular flexibility index (Phi) is 2.63. The molecule has 0 heterocycles. The molecule has 0 spiro atoms. The number of phenols is 2. The molecule has 3 N–H and O–H groups in total. The van der Waals surface area contributed by atoms with E-state index < -0.39 is 0 Å². The Labute approximate surface area is 76.0 Å². The first-order valence-electron chi connectivity index (χ1n) is 3.81. The van der Waals surface area contributed by atoms with Gasteiger partial charge in [-0.1, -0.05) is 0 Å². The Morgan fingerprint density at radius 1 is 1.38 bits per heavy atom. The molecule has 0 saturated carbocycles. The van der Waals surface area contributed by atoms with Crippen LogP contribution >= 0.6 is 0 Å². The summed E-state index contributed by atoms with van der Waals surface area (Å²) in [6.07, 6.45) is 0. The van der Waals surface area contributed by atoms with E-state index in [0.29, 0.717) is 11.1 Å². The lowest BCUT2D eigenvalue weighted by atomic mass is 10.1. The number of hydrogen-bond acceptors (Lipinski definition) is 4. The summed E-state index contributed by atoms with van der Waals surface area (Å²) in [5.74, 6) is -0.382. The third-order valence-electron chi connectivity index (χ3n) is 1.97. The van der Waals surface area contributed by atoms with Gasteiger partial charge in [0.15, 0.2) is 11.5 Å². The fraction of sp³-hybridized carbons (Fsp3) is 0.333. The number of hydrogen-bond donors (Lipinski definition) is 3. The van der Waals surface area contributed by atoms with E-state index in [1.54, 1.807) is 6.92 Å². The van der Waals surface area contributed by atoms with Gasteiger partial charge in [0.05, 0.1) is 13.7 Å². The smallest absolute Gasteiger partial charge is 0.200 e. The minimum Gasteiger partial charge on any atom is -0.504 e. The Bertz CT molecular complexity index is 320. The van der Waals surface area contributed by atoms with Crippen LogP contribution in [0.3, 0.4) is 0 Å². The van der Waals surface area contributed by atoms with Gasteiger partial charge < -0.3 is 20.1 Å². The minimum absolute atomic E-state index is 0.198. The molecule has 0 saturated heterocycles. The fourth-order valence-electron chi connectivity index (χ4n) is 1.20. The van der Waals surface area contributed by atoms with Gasteiger partial charge >= 0.3 is 0 Å². The van der Waals surface area contributed by atoms with Crippen LogP contribution in [0.2, 0.25) is 0 Å². The van der Waals surface area contributed by atoms with Crippen LogP contribution in [-0.2, 0) is 6.61 Å². The van der Waals surface area contributed by atoms with E-state index in [1.165, 1.54) is 13.2 Å². The van der Waals surface area contributed by atoms with E-state index in [1.807, 2.05) is 0 Å². The van der Waals surface area contributed by atoms with Crippen LogP contribution in [0.15, 0.2) is 6.07 Å². The summed E-state index contributed by atoms with van der Waals surface area (Å²) in [4.78, 5) is 0. The number of benzene rings is 1. The maximum atomic E-state index is 9.34. The predicted molar refractivity (Wildman–Crippen MR) is 47.0 cm³/mol. The molecule has 0 unspecified atom stereocenters. The van der Waals surface area contributed by atoms with Crippen molar-refractivity contribution in [3.05, 3.63) is 17.2 Å². The highest BCUT2D eigenvalue weighted by Crippen LogP contribution is 2.39. The topological polar surface area (TPSA) is 69.9 Å².